The molecule has 0 aliphatic carbocycles. The minimum atomic E-state index is -1.01. The fourth-order valence-electron chi connectivity index (χ4n) is 1.43. The molecule has 14 heavy (non-hydrogen) atoms. The summed E-state index contributed by atoms with van der Waals surface area (Å²) in [5, 5.41) is 10.2. The number of carboxylic acid groups (broad SMARTS) is 1. The molecule has 4 nitrogen and oxygen atoms in total. The van der Waals surface area contributed by atoms with E-state index in [4.69, 9.17) is 10.8 Å². The van der Waals surface area contributed by atoms with Gasteiger partial charge in [-0.25, -0.2) is 4.79 Å². The second-order valence-corrected chi connectivity index (χ2v) is 2.94. The van der Waals surface area contributed by atoms with Gasteiger partial charge in [0.2, 0.25) is 0 Å². The summed E-state index contributed by atoms with van der Waals surface area (Å²) in [4.78, 5) is 14.7. The van der Waals surface area contributed by atoms with Gasteiger partial charge in [-0.3, -0.25) is 4.98 Å². The molecule has 0 aliphatic heterocycles. The van der Waals surface area contributed by atoms with E-state index in [1.54, 1.807) is 24.4 Å². The molecule has 1 heterocycles. The lowest BCUT2D eigenvalue weighted by atomic mass is 10.1. The number of hydrogen-bond acceptors (Lipinski definition) is 3. The summed E-state index contributed by atoms with van der Waals surface area (Å²) in [5.41, 5.74) is 6.30. The monoisotopic (exact) mass is 188 g/mol. The number of anilines is 1. The minimum absolute atomic E-state index is 0.139. The average molecular weight is 188 g/mol. The molecule has 1 aromatic heterocycles. The number of pyridine rings is 1. The Morgan fingerprint density at radius 1 is 1.36 bits per heavy atom. The summed E-state index contributed by atoms with van der Waals surface area (Å²) < 4.78 is 0. The first-order valence-electron chi connectivity index (χ1n) is 4.05. The van der Waals surface area contributed by atoms with Crippen LogP contribution in [0, 0.1) is 0 Å². The van der Waals surface area contributed by atoms with Crippen LogP contribution in [0.5, 0.6) is 0 Å². The Balaban J connectivity index is 2.91. The van der Waals surface area contributed by atoms with Crippen LogP contribution in [-0.2, 0) is 0 Å². The van der Waals surface area contributed by atoms with Gasteiger partial charge in [-0.1, -0.05) is 12.1 Å². The van der Waals surface area contributed by atoms with E-state index in [1.807, 2.05) is 0 Å². The van der Waals surface area contributed by atoms with Gasteiger partial charge in [-0.15, -0.1) is 0 Å². The number of benzene rings is 1. The number of hydrogen-bond donors (Lipinski definition) is 2. The molecule has 0 amide bonds. The van der Waals surface area contributed by atoms with Crippen LogP contribution in [0.2, 0.25) is 0 Å². The van der Waals surface area contributed by atoms with Gasteiger partial charge in [0.25, 0.3) is 0 Å². The molecule has 0 aliphatic rings. The fourth-order valence-corrected chi connectivity index (χ4v) is 1.43. The Kier molecular flexibility index (Phi) is 1.81. The van der Waals surface area contributed by atoms with E-state index >= 15 is 0 Å². The van der Waals surface area contributed by atoms with Crippen LogP contribution in [0.25, 0.3) is 10.8 Å². The minimum Gasteiger partial charge on any atom is -0.478 e. The van der Waals surface area contributed by atoms with Crippen molar-refractivity contribution in [2.24, 2.45) is 0 Å². The zero-order chi connectivity index (χ0) is 10.1. The Bertz CT molecular complexity index is 503. The Morgan fingerprint density at radius 2 is 2.14 bits per heavy atom. The van der Waals surface area contributed by atoms with Crippen molar-refractivity contribution in [3.63, 3.8) is 0 Å². The third-order valence-electron chi connectivity index (χ3n) is 2.05. The van der Waals surface area contributed by atoms with Crippen LogP contribution in [-0.4, -0.2) is 16.1 Å². The lowest BCUT2D eigenvalue weighted by molar-refractivity contribution is 0.0698. The number of aromatic nitrogens is 1. The van der Waals surface area contributed by atoms with Crippen LogP contribution < -0.4 is 5.73 Å². The fraction of sp³-hybridized carbons (Fsp3) is 0. The van der Waals surface area contributed by atoms with E-state index in [-0.39, 0.29) is 5.56 Å². The second kappa shape index (κ2) is 2.99. The Morgan fingerprint density at radius 3 is 2.86 bits per heavy atom. The van der Waals surface area contributed by atoms with E-state index < -0.39 is 5.97 Å². The maximum absolute atomic E-state index is 10.9. The lowest BCUT2D eigenvalue weighted by Crippen LogP contribution is -2.00. The number of nitrogens with two attached hydrogens (primary N) is 1. The topological polar surface area (TPSA) is 76.2 Å². The maximum atomic E-state index is 10.9. The number of nitrogen functional groups attached to an aromatic ring is 1. The molecule has 0 saturated carbocycles. The zero-order valence-corrected chi connectivity index (χ0v) is 7.27. The predicted octanol–water partition coefficient (Wildman–Crippen LogP) is 1.52. The average Bonchev–Trinajstić information content (AvgIpc) is 2.17. The SMILES string of the molecule is Nc1cccc2cncc(C(=O)O)c12. The summed E-state index contributed by atoms with van der Waals surface area (Å²) in [6, 6.07) is 5.23. The quantitative estimate of drug-likeness (QED) is 0.665. The summed E-state index contributed by atoms with van der Waals surface area (Å²) >= 11 is 0. The molecule has 3 N–H and O–H groups in total. The molecule has 0 spiro atoms. The molecule has 2 rings (SSSR count). The molecule has 0 atom stereocenters. The van der Waals surface area contributed by atoms with Crippen molar-refractivity contribution in [3.8, 4) is 0 Å². The van der Waals surface area contributed by atoms with Crippen LogP contribution >= 0.6 is 0 Å². The van der Waals surface area contributed by atoms with E-state index in [1.165, 1.54) is 6.20 Å². The third-order valence-corrected chi connectivity index (χ3v) is 2.05. The van der Waals surface area contributed by atoms with Crippen molar-refractivity contribution in [3.05, 3.63) is 36.2 Å². The van der Waals surface area contributed by atoms with Crippen LogP contribution in [0.4, 0.5) is 5.69 Å². The molecular weight excluding hydrogens is 180 g/mol. The van der Waals surface area contributed by atoms with Crippen molar-refractivity contribution in [1.82, 2.24) is 4.98 Å². The molecule has 70 valence electrons. The molecule has 0 fully saturated rings. The summed E-state index contributed by atoms with van der Waals surface area (Å²) in [6.45, 7) is 0. The Labute approximate surface area is 80.0 Å². The number of carboxylic acids is 1. The van der Waals surface area contributed by atoms with Crippen molar-refractivity contribution >= 4 is 22.4 Å². The first-order chi connectivity index (χ1) is 6.70. The van der Waals surface area contributed by atoms with E-state index in [9.17, 15) is 4.79 Å². The van der Waals surface area contributed by atoms with Gasteiger partial charge in [-0.2, -0.15) is 0 Å². The Hall–Kier alpha value is -2.10. The molecule has 0 saturated heterocycles. The van der Waals surface area contributed by atoms with Gasteiger partial charge in [-0.05, 0) is 6.07 Å². The smallest absolute Gasteiger partial charge is 0.337 e. The second-order valence-electron chi connectivity index (χ2n) is 2.94. The normalized spacial score (nSPS) is 10.3. The summed E-state index contributed by atoms with van der Waals surface area (Å²) in [5.74, 6) is -1.01. The van der Waals surface area contributed by atoms with Gasteiger partial charge in [0.15, 0.2) is 0 Å². The number of carbonyl (C=O) groups is 1. The number of rotatable bonds is 1. The molecule has 2 aromatic rings. The van der Waals surface area contributed by atoms with Crippen LogP contribution in [0.1, 0.15) is 10.4 Å². The largest absolute Gasteiger partial charge is 0.478 e. The van der Waals surface area contributed by atoms with Crippen LogP contribution in [0.15, 0.2) is 30.6 Å². The first kappa shape index (κ1) is 8.50. The summed E-state index contributed by atoms with van der Waals surface area (Å²) in [6.07, 6.45) is 2.90. The molecule has 1 aromatic carbocycles. The number of nitrogens with zero attached hydrogens (tertiary/aromatic N) is 1. The molecule has 0 bridgehead atoms. The zero-order valence-electron chi connectivity index (χ0n) is 7.27. The predicted molar refractivity (Wildman–Crippen MR) is 53.1 cm³/mol. The molecular formula is C10H8N2O2. The first-order valence-corrected chi connectivity index (χ1v) is 4.05. The standard InChI is InChI=1S/C10H8N2O2/c11-8-3-1-2-6-4-12-5-7(9(6)8)10(13)14/h1-5H,11H2,(H,13,14). The highest BCUT2D eigenvalue weighted by atomic mass is 16.4. The van der Waals surface area contributed by atoms with Gasteiger partial charge in [0.1, 0.15) is 0 Å². The van der Waals surface area contributed by atoms with Crippen molar-refractivity contribution < 1.29 is 9.90 Å². The maximum Gasteiger partial charge on any atom is 0.337 e. The van der Waals surface area contributed by atoms with Gasteiger partial charge < -0.3 is 10.8 Å². The van der Waals surface area contributed by atoms with Crippen LogP contribution in [0.3, 0.4) is 0 Å². The molecule has 4 heteroatoms. The summed E-state index contributed by atoms with van der Waals surface area (Å²) in [7, 11) is 0. The number of fused-ring (bicyclic) bond motifs is 1. The molecule has 0 unspecified atom stereocenters. The van der Waals surface area contributed by atoms with E-state index in [2.05, 4.69) is 4.98 Å². The lowest BCUT2D eigenvalue weighted by Gasteiger charge is -2.03. The van der Waals surface area contributed by atoms with Crippen molar-refractivity contribution in [1.29, 1.82) is 0 Å². The highest BCUT2D eigenvalue weighted by molar-refractivity contribution is 6.07. The van der Waals surface area contributed by atoms with E-state index in [0.717, 1.165) is 5.39 Å². The van der Waals surface area contributed by atoms with Crippen molar-refractivity contribution in [2.45, 2.75) is 0 Å². The highest BCUT2D eigenvalue weighted by Gasteiger charge is 2.10. The highest BCUT2D eigenvalue weighted by Crippen LogP contribution is 2.23. The van der Waals surface area contributed by atoms with Gasteiger partial charge in [0.05, 0.1) is 5.56 Å². The van der Waals surface area contributed by atoms with Gasteiger partial charge in [0, 0.05) is 28.9 Å². The third kappa shape index (κ3) is 1.17. The number of aromatic carboxylic acids is 1. The van der Waals surface area contributed by atoms with Crippen molar-refractivity contribution in [2.75, 3.05) is 5.73 Å². The molecule has 0 radical (unpaired) electrons. The van der Waals surface area contributed by atoms with E-state index in [0.29, 0.717) is 11.1 Å². The van der Waals surface area contributed by atoms with Gasteiger partial charge >= 0.3 is 5.97 Å².